The number of H-pyrrole nitrogens is 1. The minimum Gasteiger partial charge on any atom is -0.449 e. The molecule has 3 aromatic rings. The molecule has 120 valence electrons. The molecule has 0 saturated carbocycles. The van der Waals surface area contributed by atoms with Crippen LogP contribution in [0.4, 0.5) is 18.0 Å². The van der Waals surface area contributed by atoms with Crippen LogP contribution in [0.1, 0.15) is 5.69 Å². The van der Waals surface area contributed by atoms with Crippen LogP contribution >= 0.6 is 15.9 Å². The van der Waals surface area contributed by atoms with Crippen molar-refractivity contribution in [3.8, 4) is 11.7 Å². The second-order valence-corrected chi connectivity index (χ2v) is 5.29. The Kier molecular flexibility index (Phi) is 3.51. The number of aromatic amines is 1. The van der Waals surface area contributed by atoms with E-state index in [0.717, 1.165) is 15.4 Å². The van der Waals surface area contributed by atoms with Crippen molar-refractivity contribution < 1.29 is 27.8 Å². The van der Waals surface area contributed by atoms with Crippen molar-refractivity contribution in [2.75, 3.05) is 0 Å². The molecule has 0 radical (unpaired) electrons. The molecule has 0 aliphatic rings. The van der Waals surface area contributed by atoms with Crippen LogP contribution in [0.5, 0.6) is 5.75 Å². The summed E-state index contributed by atoms with van der Waals surface area (Å²) < 4.78 is 44.4. The highest BCUT2D eigenvalue weighted by atomic mass is 79.9. The van der Waals surface area contributed by atoms with Crippen LogP contribution in [0, 0.1) is 0 Å². The first-order valence-electron chi connectivity index (χ1n) is 5.97. The van der Waals surface area contributed by atoms with E-state index in [1.807, 2.05) is 0 Å². The topological polar surface area (TPSA) is 93.0 Å². The van der Waals surface area contributed by atoms with Crippen LogP contribution < -0.4 is 4.74 Å². The summed E-state index contributed by atoms with van der Waals surface area (Å²) in [6.07, 6.45) is -5.95. The maximum Gasteiger partial charge on any atom is 0.511 e. The van der Waals surface area contributed by atoms with E-state index in [-0.39, 0.29) is 5.95 Å². The van der Waals surface area contributed by atoms with E-state index in [1.165, 1.54) is 0 Å². The fourth-order valence-electron chi connectivity index (χ4n) is 1.91. The summed E-state index contributed by atoms with van der Waals surface area (Å²) in [4.78, 5) is 17.4. The van der Waals surface area contributed by atoms with Gasteiger partial charge in [0.15, 0.2) is 5.75 Å². The first-order chi connectivity index (χ1) is 10.7. The van der Waals surface area contributed by atoms with Crippen molar-refractivity contribution in [2.24, 2.45) is 0 Å². The second-order valence-electron chi connectivity index (χ2n) is 4.37. The number of aromatic nitrogens is 4. The van der Waals surface area contributed by atoms with Crippen molar-refractivity contribution >= 4 is 33.1 Å². The van der Waals surface area contributed by atoms with Crippen molar-refractivity contribution in [3.63, 3.8) is 0 Å². The molecule has 7 nitrogen and oxygen atoms in total. The summed E-state index contributed by atoms with van der Waals surface area (Å²) in [6.45, 7) is 0. The van der Waals surface area contributed by atoms with Gasteiger partial charge in [-0.05, 0) is 18.2 Å². The van der Waals surface area contributed by atoms with Crippen LogP contribution in [-0.4, -0.2) is 31.0 Å². The minimum absolute atomic E-state index is 0.0103. The third kappa shape index (κ3) is 2.99. The molecule has 1 aromatic carbocycles. The van der Waals surface area contributed by atoms with E-state index in [0.29, 0.717) is 11.0 Å². The van der Waals surface area contributed by atoms with Gasteiger partial charge in [-0.15, -0.1) is 0 Å². The molecule has 2 heterocycles. The van der Waals surface area contributed by atoms with Crippen LogP contribution in [0.3, 0.4) is 0 Å². The van der Waals surface area contributed by atoms with Gasteiger partial charge in [0, 0.05) is 4.47 Å². The molecule has 0 amide bonds. The fraction of sp³-hybridized carbons (Fsp3) is 0.0833. The second kappa shape index (κ2) is 5.26. The largest absolute Gasteiger partial charge is 0.511 e. The van der Waals surface area contributed by atoms with Crippen molar-refractivity contribution in [1.29, 1.82) is 0 Å². The molecule has 2 N–H and O–H groups in total. The smallest absolute Gasteiger partial charge is 0.449 e. The van der Waals surface area contributed by atoms with Crippen molar-refractivity contribution in [2.45, 2.75) is 6.18 Å². The van der Waals surface area contributed by atoms with E-state index in [4.69, 9.17) is 5.11 Å². The summed E-state index contributed by atoms with van der Waals surface area (Å²) in [5.74, 6) is -0.935. The zero-order valence-corrected chi connectivity index (χ0v) is 12.5. The molecule has 0 aliphatic heterocycles. The number of benzene rings is 1. The van der Waals surface area contributed by atoms with Crippen LogP contribution in [0.15, 0.2) is 28.9 Å². The predicted molar refractivity (Wildman–Crippen MR) is 74.6 cm³/mol. The van der Waals surface area contributed by atoms with E-state index >= 15 is 0 Å². The Morgan fingerprint density at radius 2 is 2.13 bits per heavy atom. The van der Waals surface area contributed by atoms with Gasteiger partial charge in [0.05, 0.1) is 17.2 Å². The Bertz CT molecular complexity index is 903. The predicted octanol–water partition coefficient (Wildman–Crippen LogP) is 3.59. The number of halogens is 4. The first kappa shape index (κ1) is 15.3. The standard InChI is InChI=1S/C12H6BrF3N4O3/c13-5-1-2-6-7(3-5)18-10(17-6)20-4-8(23-11(21)22)9(19-20)12(14,15)16/h1-4H,(H,17,18)(H,21,22). The van der Waals surface area contributed by atoms with E-state index < -0.39 is 23.8 Å². The van der Waals surface area contributed by atoms with Crippen molar-refractivity contribution in [3.05, 3.63) is 34.6 Å². The third-order valence-electron chi connectivity index (χ3n) is 2.79. The first-order valence-corrected chi connectivity index (χ1v) is 6.76. The lowest BCUT2D eigenvalue weighted by atomic mass is 10.3. The highest BCUT2D eigenvalue weighted by Gasteiger charge is 2.39. The number of fused-ring (bicyclic) bond motifs is 1. The van der Waals surface area contributed by atoms with Gasteiger partial charge in [0.1, 0.15) is 0 Å². The molecule has 2 aromatic heterocycles. The van der Waals surface area contributed by atoms with Crippen LogP contribution in [0.25, 0.3) is 17.0 Å². The molecule has 0 fully saturated rings. The quantitative estimate of drug-likeness (QED) is 0.652. The zero-order chi connectivity index (χ0) is 16.8. The van der Waals surface area contributed by atoms with Gasteiger partial charge in [-0.2, -0.15) is 18.3 Å². The Morgan fingerprint density at radius 3 is 2.78 bits per heavy atom. The molecule has 0 aliphatic carbocycles. The Morgan fingerprint density at radius 1 is 1.39 bits per heavy atom. The average molecular weight is 391 g/mol. The van der Waals surface area contributed by atoms with Crippen LogP contribution in [-0.2, 0) is 6.18 Å². The summed E-state index contributed by atoms with van der Waals surface area (Å²) >= 11 is 3.26. The van der Waals surface area contributed by atoms with E-state index in [1.54, 1.807) is 18.2 Å². The van der Waals surface area contributed by atoms with E-state index in [2.05, 4.69) is 35.7 Å². The number of carbonyl (C=O) groups is 1. The molecular formula is C12H6BrF3N4O3. The van der Waals surface area contributed by atoms with Gasteiger partial charge in [-0.25, -0.2) is 14.5 Å². The minimum atomic E-state index is -4.87. The van der Waals surface area contributed by atoms with E-state index in [9.17, 15) is 18.0 Å². The number of imidazole rings is 1. The summed E-state index contributed by atoms with van der Waals surface area (Å²) in [5.41, 5.74) is -0.381. The molecule has 0 atom stereocenters. The van der Waals surface area contributed by atoms with Crippen molar-refractivity contribution in [1.82, 2.24) is 19.7 Å². The number of rotatable bonds is 2. The monoisotopic (exact) mass is 390 g/mol. The lowest BCUT2D eigenvalue weighted by Crippen LogP contribution is -2.11. The SMILES string of the molecule is O=C(O)Oc1cn(-c2nc3ccc(Br)cc3[nH]2)nc1C(F)(F)F. The number of nitrogens with one attached hydrogen (secondary N) is 1. The summed E-state index contributed by atoms with van der Waals surface area (Å²) in [6, 6.07) is 5.06. The normalized spacial score (nSPS) is 11.8. The molecule has 0 unspecified atom stereocenters. The number of hydrogen-bond acceptors (Lipinski definition) is 4. The number of nitrogens with zero attached hydrogens (tertiary/aromatic N) is 3. The number of alkyl halides is 3. The van der Waals surface area contributed by atoms with Gasteiger partial charge in [0.25, 0.3) is 0 Å². The molecule has 0 saturated heterocycles. The highest BCUT2D eigenvalue weighted by Crippen LogP contribution is 2.35. The Hall–Kier alpha value is -2.56. The summed E-state index contributed by atoms with van der Waals surface area (Å²) in [5, 5.41) is 11.8. The maximum atomic E-state index is 12.9. The lowest BCUT2D eigenvalue weighted by molar-refractivity contribution is -0.142. The molecule has 11 heteroatoms. The number of hydrogen-bond donors (Lipinski definition) is 2. The summed E-state index contributed by atoms with van der Waals surface area (Å²) in [7, 11) is 0. The number of ether oxygens (including phenoxy) is 1. The average Bonchev–Trinajstić information content (AvgIpc) is 3.00. The fourth-order valence-corrected chi connectivity index (χ4v) is 2.27. The number of carboxylic acid groups (broad SMARTS) is 1. The van der Waals surface area contributed by atoms with Crippen LogP contribution in [0.2, 0.25) is 0 Å². The molecule has 0 bridgehead atoms. The van der Waals surface area contributed by atoms with Gasteiger partial charge < -0.3 is 14.8 Å². The molecule has 0 spiro atoms. The molecular weight excluding hydrogens is 385 g/mol. The Labute approximate surface area is 133 Å². The zero-order valence-electron chi connectivity index (χ0n) is 10.9. The van der Waals surface area contributed by atoms with Gasteiger partial charge in [-0.1, -0.05) is 15.9 Å². The third-order valence-corrected chi connectivity index (χ3v) is 3.29. The highest BCUT2D eigenvalue weighted by molar-refractivity contribution is 9.10. The lowest BCUT2D eigenvalue weighted by Gasteiger charge is -2.03. The van der Waals surface area contributed by atoms with Gasteiger partial charge >= 0.3 is 12.3 Å². The molecule has 3 rings (SSSR count). The Balaban J connectivity index is 2.11. The van der Waals surface area contributed by atoms with Gasteiger partial charge in [-0.3, -0.25) is 0 Å². The molecule has 23 heavy (non-hydrogen) atoms. The maximum absolute atomic E-state index is 12.9. The van der Waals surface area contributed by atoms with Gasteiger partial charge in [0.2, 0.25) is 11.6 Å².